The Morgan fingerprint density at radius 1 is 1.37 bits per heavy atom. The Kier molecular flexibility index (Phi) is 2.56. The summed E-state index contributed by atoms with van der Waals surface area (Å²) >= 11 is 0. The lowest BCUT2D eigenvalue weighted by Crippen LogP contribution is -2.04. The minimum absolute atomic E-state index is 0.295. The molecule has 0 aliphatic rings. The summed E-state index contributed by atoms with van der Waals surface area (Å²) in [6, 6.07) is 7.00. The molecule has 6 nitrogen and oxygen atoms in total. The van der Waals surface area contributed by atoms with Crippen molar-refractivity contribution in [2.24, 2.45) is 7.05 Å². The molecule has 0 amide bonds. The monoisotopic (exact) mass is 256 g/mol. The van der Waals surface area contributed by atoms with Crippen LogP contribution in [-0.2, 0) is 13.6 Å². The van der Waals surface area contributed by atoms with Crippen LogP contribution in [0.15, 0.2) is 36.8 Å². The van der Waals surface area contributed by atoms with Crippen LogP contribution in [-0.4, -0.2) is 30.4 Å². The molecule has 0 aliphatic heterocycles. The third-order valence-electron chi connectivity index (χ3n) is 3.13. The summed E-state index contributed by atoms with van der Waals surface area (Å²) < 4.78 is 3.88. The van der Waals surface area contributed by atoms with Gasteiger partial charge in [-0.1, -0.05) is 0 Å². The first kappa shape index (κ1) is 11.5. The van der Waals surface area contributed by atoms with E-state index >= 15 is 0 Å². The first-order valence-electron chi connectivity index (χ1n) is 5.80. The standard InChI is InChI=1S/C13H12N4O2/c1-16-8-14-15-12(16)7-17-5-4-9-6-10(13(18)19)2-3-11(9)17/h2-6,8H,7H2,1H3,(H,18,19). The number of carbonyl (C=O) groups is 1. The molecule has 1 N–H and O–H groups in total. The average Bonchev–Trinajstić information content (AvgIpc) is 2.97. The van der Waals surface area contributed by atoms with Gasteiger partial charge in [-0.05, 0) is 24.3 Å². The van der Waals surface area contributed by atoms with Crippen molar-refractivity contribution >= 4 is 16.9 Å². The van der Waals surface area contributed by atoms with Crippen molar-refractivity contribution in [2.75, 3.05) is 0 Å². The highest BCUT2D eigenvalue weighted by Gasteiger charge is 2.08. The predicted molar refractivity (Wildman–Crippen MR) is 69.0 cm³/mol. The zero-order valence-corrected chi connectivity index (χ0v) is 10.3. The first-order chi connectivity index (χ1) is 9.15. The van der Waals surface area contributed by atoms with Crippen molar-refractivity contribution < 1.29 is 9.90 Å². The molecule has 3 aromatic rings. The van der Waals surface area contributed by atoms with E-state index < -0.39 is 5.97 Å². The van der Waals surface area contributed by atoms with Gasteiger partial charge in [0.25, 0.3) is 0 Å². The normalized spacial score (nSPS) is 11.0. The molecule has 0 spiro atoms. The van der Waals surface area contributed by atoms with Crippen LogP contribution >= 0.6 is 0 Å². The summed E-state index contributed by atoms with van der Waals surface area (Å²) in [5.41, 5.74) is 1.27. The highest BCUT2D eigenvalue weighted by molar-refractivity contribution is 5.93. The van der Waals surface area contributed by atoms with Gasteiger partial charge in [0.05, 0.1) is 12.1 Å². The van der Waals surface area contributed by atoms with E-state index in [-0.39, 0.29) is 0 Å². The molecule has 0 aliphatic carbocycles. The van der Waals surface area contributed by atoms with Crippen molar-refractivity contribution in [1.29, 1.82) is 0 Å². The van der Waals surface area contributed by atoms with Crippen molar-refractivity contribution in [3.8, 4) is 0 Å². The van der Waals surface area contributed by atoms with Gasteiger partial charge in [0.15, 0.2) is 5.82 Å². The molecule has 96 valence electrons. The third kappa shape index (κ3) is 1.97. The largest absolute Gasteiger partial charge is 0.478 e. The van der Waals surface area contributed by atoms with Gasteiger partial charge in [-0.2, -0.15) is 0 Å². The zero-order chi connectivity index (χ0) is 13.4. The second-order valence-corrected chi connectivity index (χ2v) is 4.38. The van der Waals surface area contributed by atoms with E-state index in [9.17, 15) is 4.79 Å². The number of aromatic carboxylic acids is 1. The van der Waals surface area contributed by atoms with E-state index in [0.717, 1.165) is 16.7 Å². The highest BCUT2D eigenvalue weighted by atomic mass is 16.4. The number of benzene rings is 1. The van der Waals surface area contributed by atoms with E-state index in [1.54, 1.807) is 18.5 Å². The molecule has 0 radical (unpaired) electrons. The van der Waals surface area contributed by atoms with Gasteiger partial charge >= 0.3 is 5.97 Å². The van der Waals surface area contributed by atoms with Gasteiger partial charge in [0.2, 0.25) is 0 Å². The smallest absolute Gasteiger partial charge is 0.335 e. The summed E-state index contributed by atoms with van der Waals surface area (Å²) in [6.45, 7) is 0.604. The number of rotatable bonds is 3. The number of fused-ring (bicyclic) bond motifs is 1. The van der Waals surface area contributed by atoms with Crippen LogP contribution in [0.2, 0.25) is 0 Å². The van der Waals surface area contributed by atoms with Crippen LogP contribution in [0.4, 0.5) is 0 Å². The van der Waals surface area contributed by atoms with E-state index in [1.807, 2.05) is 34.5 Å². The number of hydrogen-bond acceptors (Lipinski definition) is 3. The summed E-state index contributed by atoms with van der Waals surface area (Å²) in [7, 11) is 1.89. The maximum Gasteiger partial charge on any atom is 0.335 e. The maximum atomic E-state index is 10.9. The Morgan fingerprint density at radius 2 is 2.21 bits per heavy atom. The molecule has 0 unspecified atom stereocenters. The van der Waals surface area contributed by atoms with Crippen LogP contribution in [0.25, 0.3) is 10.9 Å². The Bertz CT molecular complexity index is 757. The summed E-state index contributed by atoms with van der Waals surface area (Å²) in [5, 5.41) is 17.8. The van der Waals surface area contributed by atoms with Gasteiger partial charge in [0.1, 0.15) is 6.33 Å². The van der Waals surface area contributed by atoms with Gasteiger partial charge < -0.3 is 14.2 Å². The summed E-state index contributed by atoms with van der Waals surface area (Å²) in [4.78, 5) is 10.9. The van der Waals surface area contributed by atoms with Crippen LogP contribution < -0.4 is 0 Å². The SMILES string of the molecule is Cn1cnnc1Cn1ccc2cc(C(=O)O)ccc21. The summed E-state index contributed by atoms with van der Waals surface area (Å²) in [6.07, 6.45) is 3.58. The van der Waals surface area contributed by atoms with Crippen molar-refractivity contribution in [1.82, 2.24) is 19.3 Å². The summed E-state index contributed by atoms with van der Waals surface area (Å²) in [5.74, 6) is -0.0669. The van der Waals surface area contributed by atoms with Crippen LogP contribution in [0, 0.1) is 0 Å². The first-order valence-corrected chi connectivity index (χ1v) is 5.80. The van der Waals surface area contributed by atoms with E-state index in [4.69, 9.17) is 5.11 Å². The predicted octanol–water partition coefficient (Wildman–Crippen LogP) is 1.52. The Balaban J connectivity index is 2.02. The van der Waals surface area contributed by atoms with E-state index in [2.05, 4.69) is 10.2 Å². The number of hydrogen-bond donors (Lipinski definition) is 1. The minimum atomic E-state index is -0.914. The number of carboxylic acids is 1. The minimum Gasteiger partial charge on any atom is -0.478 e. The topological polar surface area (TPSA) is 72.9 Å². The van der Waals surface area contributed by atoms with Gasteiger partial charge in [0, 0.05) is 24.1 Å². The van der Waals surface area contributed by atoms with E-state index in [0.29, 0.717) is 12.1 Å². The molecule has 0 saturated carbocycles. The fourth-order valence-electron chi connectivity index (χ4n) is 2.07. The molecule has 0 atom stereocenters. The zero-order valence-electron chi connectivity index (χ0n) is 10.3. The van der Waals surface area contributed by atoms with Gasteiger partial charge in [-0.15, -0.1) is 10.2 Å². The van der Waals surface area contributed by atoms with E-state index in [1.165, 1.54) is 0 Å². The Labute approximate surface area is 108 Å². The molecule has 1 aromatic carbocycles. The van der Waals surface area contributed by atoms with Crippen molar-refractivity contribution in [2.45, 2.75) is 6.54 Å². The second kappa shape index (κ2) is 4.24. The number of nitrogens with zero attached hydrogens (tertiary/aromatic N) is 4. The maximum absolute atomic E-state index is 10.9. The highest BCUT2D eigenvalue weighted by Crippen LogP contribution is 2.18. The Hall–Kier alpha value is -2.63. The number of aryl methyl sites for hydroxylation is 1. The van der Waals surface area contributed by atoms with Crippen molar-refractivity contribution in [3.63, 3.8) is 0 Å². The number of aromatic nitrogens is 4. The average molecular weight is 256 g/mol. The second-order valence-electron chi connectivity index (χ2n) is 4.38. The molecule has 6 heteroatoms. The molecule has 0 bridgehead atoms. The molecule has 0 fully saturated rings. The molecule has 0 saturated heterocycles. The molecular formula is C13H12N4O2. The fraction of sp³-hybridized carbons (Fsp3) is 0.154. The quantitative estimate of drug-likeness (QED) is 0.771. The number of carboxylic acid groups (broad SMARTS) is 1. The van der Waals surface area contributed by atoms with Gasteiger partial charge in [-0.3, -0.25) is 0 Å². The lowest BCUT2D eigenvalue weighted by molar-refractivity contribution is 0.0697. The molecule has 2 aromatic heterocycles. The molecular weight excluding hydrogens is 244 g/mol. The fourth-order valence-corrected chi connectivity index (χ4v) is 2.07. The molecule has 2 heterocycles. The molecule has 19 heavy (non-hydrogen) atoms. The third-order valence-corrected chi connectivity index (χ3v) is 3.13. The van der Waals surface area contributed by atoms with Gasteiger partial charge in [-0.25, -0.2) is 4.79 Å². The Morgan fingerprint density at radius 3 is 2.89 bits per heavy atom. The molecule has 3 rings (SSSR count). The van der Waals surface area contributed by atoms with Crippen LogP contribution in [0.5, 0.6) is 0 Å². The van der Waals surface area contributed by atoms with Crippen molar-refractivity contribution in [3.05, 3.63) is 48.2 Å². The van der Waals surface area contributed by atoms with Crippen LogP contribution in [0.1, 0.15) is 16.2 Å². The lowest BCUT2D eigenvalue weighted by atomic mass is 10.1. The lowest BCUT2D eigenvalue weighted by Gasteiger charge is -2.05. The van der Waals surface area contributed by atoms with Crippen LogP contribution in [0.3, 0.4) is 0 Å².